The Balaban J connectivity index is 1.43. The maximum absolute atomic E-state index is 13.4. The molecule has 0 radical (unpaired) electrons. The van der Waals surface area contributed by atoms with Crippen molar-refractivity contribution in [3.05, 3.63) is 65.5 Å². The summed E-state index contributed by atoms with van der Waals surface area (Å²) >= 11 is 0. The van der Waals surface area contributed by atoms with E-state index in [2.05, 4.69) is 0 Å². The molecule has 0 spiro atoms. The van der Waals surface area contributed by atoms with Crippen LogP contribution in [0.2, 0.25) is 0 Å². The van der Waals surface area contributed by atoms with Gasteiger partial charge in [-0.2, -0.15) is 4.31 Å². The van der Waals surface area contributed by atoms with E-state index >= 15 is 0 Å². The van der Waals surface area contributed by atoms with E-state index in [1.165, 1.54) is 34.6 Å². The fourth-order valence-electron chi connectivity index (χ4n) is 3.97. The van der Waals surface area contributed by atoms with Crippen LogP contribution in [0.5, 0.6) is 0 Å². The molecule has 31 heavy (non-hydrogen) atoms. The number of amides is 2. The van der Waals surface area contributed by atoms with Gasteiger partial charge in [0, 0.05) is 50.4 Å². The second kappa shape index (κ2) is 8.76. The Hall–Kier alpha value is -2.78. The highest BCUT2D eigenvalue weighted by molar-refractivity contribution is 7.89. The topological polar surface area (TPSA) is 78.0 Å². The van der Waals surface area contributed by atoms with Crippen LogP contribution in [0.4, 0.5) is 4.39 Å². The third-order valence-electron chi connectivity index (χ3n) is 5.71. The quantitative estimate of drug-likeness (QED) is 0.723. The van der Waals surface area contributed by atoms with Gasteiger partial charge in [-0.15, -0.1) is 0 Å². The van der Waals surface area contributed by atoms with Crippen LogP contribution >= 0.6 is 0 Å². The average molecular weight is 446 g/mol. The van der Waals surface area contributed by atoms with Crippen molar-refractivity contribution in [2.75, 3.05) is 39.3 Å². The van der Waals surface area contributed by atoms with Gasteiger partial charge in [0.1, 0.15) is 5.82 Å². The number of carbonyl (C=O) groups excluding carboxylic acids is 2. The molecule has 0 aromatic heterocycles. The predicted molar refractivity (Wildman–Crippen MR) is 113 cm³/mol. The highest BCUT2D eigenvalue weighted by Crippen LogP contribution is 2.22. The Kier molecular flexibility index (Phi) is 6.06. The summed E-state index contributed by atoms with van der Waals surface area (Å²) in [6, 6.07) is 11.7. The van der Waals surface area contributed by atoms with Gasteiger partial charge in [-0.25, -0.2) is 12.8 Å². The SMILES string of the molecule is O=C(c1cccc(F)c1)N1CCN(C(=O)c2cccc(S(=O)(=O)N3CCCC3)c2)CC1. The number of nitrogens with zero attached hydrogens (tertiary/aromatic N) is 3. The second-order valence-corrected chi connectivity index (χ2v) is 9.67. The van der Waals surface area contributed by atoms with Crippen molar-refractivity contribution in [3.63, 3.8) is 0 Å². The molecular formula is C22H24FN3O4S. The molecule has 0 bridgehead atoms. The first-order chi connectivity index (χ1) is 14.9. The van der Waals surface area contributed by atoms with Crippen molar-refractivity contribution in [2.45, 2.75) is 17.7 Å². The largest absolute Gasteiger partial charge is 0.335 e. The smallest absolute Gasteiger partial charge is 0.254 e. The molecule has 9 heteroatoms. The number of hydrogen-bond acceptors (Lipinski definition) is 4. The fraction of sp³-hybridized carbons (Fsp3) is 0.364. The highest BCUT2D eigenvalue weighted by Gasteiger charge is 2.29. The van der Waals surface area contributed by atoms with Crippen molar-refractivity contribution in [3.8, 4) is 0 Å². The minimum absolute atomic E-state index is 0.125. The van der Waals surface area contributed by atoms with Crippen LogP contribution in [0, 0.1) is 5.82 Å². The van der Waals surface area contributed by atoms with Gasteiger partial charge < -0.3 is 9.80 Å². The minimum Gasteiger partial charge on any atom is -0.335 e. The first-order valence-electron chi connectivity index (χ1n) is 10.3. The zero-order valence-corrected chi connectivity index (χ0v) is 17.9. The molecule has 2 fully saturated rings. The number of halogens is 1. The van der Waals surface area contributed by atoms with Crippen molar-refractivity contribution in [1.82, 2.24) is 14.1 Å². The lowest BCUT2D eigenvalue weighted by Gasteiger charge is -2.35. The van der Waals surface area contributed by atoms with Gasteiger partial charge in [0.15, 0.2) is 0 Å². The van der Waals surface area contributed by atoms with Gasteiger partial charge >= 0.3 is 0 Å². The molecule has 0 N–H and O–H groups in total. The Labute approximate surface area is 181 Å². The molecule has 2 heterocycles. The fourth-order valence-corrected chi connectivity index (χ4v) is 5.53. The zero-order chi connectivity index (χ0) is 22.0. The van der Waals surface area contributed by atoms with Crippen molar-refractivity contribution in [2.24, 2.45) is 0 Å². The molecule has 2 aromatic rings. The first-order valence-corrected chi connectivity index (χ1v) is 11.7. The molecule has 2 aliphatic heterocycles. The Morgan fingerprint density at radius 1 is 0.742 bits per heavy atom. The highest BCUT2D eigenvalue weighted by atomic mass is 32.2. The summed E-state index contributed by atoms with van der Waals surface area (Å²) < 4.78 is 40.4. The van der Waals surface area contributed by atoms with Crippen molar-refractivity contribution in [1.29, 1.82) is 0 Å². The molecule has 2 aromatic carbocycles. The number of piperazine rings is 1. The van der Waals surface area contributed by atoms with Crippen molar-refractivity contribution >= 4 is 21.8 Å². The number of rotatable bonds is 4. The van der Waals surface area contributed by atoms with E-state index in [1.54, 1.807) is 28.0 Å². The molecule has 2 aliphatic rings. The summed E-state index contributed by atoms with van der Waals surface area (Å²) in [4.78, 5) is 28.8. The van der Waals surface area contributed by atoms with Gasteiger partial charge in [-0.05, 0) is 49.2 Å². The molecule has 2 amide bonds. The van der Waals surface area contributed by atoms with E-state index in [4.69, 9.17) is 0 Å². The molecule has 0 saturated carbocycles. The van der Waals surface area contributed by atoms with Crippen LogP contribution in [0.25, 0.3) is 0 Å². The molecule has 0 atom stereocenters. The molecule has 4 rings (SSSR count). The summed E-state index contributed by atoms with van der Waals surface area (Å²) in [5.41, 5.74) is 0.588. The summed E-state index contributed by atoms with van der Waals surface area (Å²) in [6.45, 7) is 2.30. The zero-order valence-electron chi connectivity index (χ0n) is 17.0. The lowest BCUT2D eigenvalue weighted by molar-refractivity contribution is 0.0535. The monoisotopic (exact) mass is 445 g/mol. The van der Waals surface area contributed by atoms with E-state index in [9.17, 15) is 22.4 Å². The summed E-state index contributed by atoms with van der Waals surface area (Å²) in [7, 11) is -3.60. The van der Waals surface area contributed by atoms with Gasteiger partial charge in [-0.3, -0.25) is 9.59 Å². The number of carbonyl (C=O) groups is 2. The number of hydrogen-bond donors (Lipinski definition) is 0. The maximum Gasteiger partial charge on any atom is 0.254 e. The summed E-state index contributed by atoms with van der Waals surface area (Å²) in [5, 5.41) is 0. The van der Waals surface area contributed by atoms with Gasteiger partial charge in [0.05, 0.1) is 4.90 Å². The van der Waals surface area contributed by atoms with Crippen LogP contribution < -0.4 is 0 Å². The van der Waals surface area contributed by atoms with Crippen LogP contribution in [-0.2, 0) is 10.0 Å². The third kappa shape index (κ3) is 4.47. The van der Waals surface area contributed by atoms with Crippen LogP contribution in [0.1, 0.15) is 33.6 Å². The van der Waals surface area contributed by atoms with Crippen LogP contribution in [0.3, 0.4) is 0 Å². The van der Waals surface area contributed by atoms with Gasteiger partial charge in [0.2, 0.25) is 10.0 Å². The van der Waals surface area contributed by atoms with E-state index in [1.807, 2.05) is 0 Å². The van der Waals surface area contributed by atoms with Crippen LogP contribution in [-0.4, -0.2) is 73.6 Å². The summed E-state index contributed by atoms with van der Waals surface area (Å²) in [5.74, 6) is -1.01. The molecule has 0 aliphatic carbocycles. The normalized spacial score (nSPS) is 17.7. The minimum atomic E-state index is -3.60. The number of sulfonamides is 1. The lowest BCUT2D eigenvalue weighted by atomic mass is 10.1. The van der Waals surface area contributed by atoms with E-state index in [0.29, 0.717) is 44.8 Å². The second-order valence-electron chi connectivity index (χ2n) is 7.73. The Bertz CT molecular complexity index is 1090. The average Bonchev–Trinajstić information content (AvgIpc) is 3.34. The van der Waals surface area contributed by atoms with E-state index in [0.717, 1.165) is 12.8 Å². The molecule has 7 nitrogen and oxygen atoms in total. The molecular weight excluding hydrogens is 421 g/mol. The standard InChI is InChI=1S/C22H24FN3O4S/c23-19-7-3-5-17(15-19)21(27)24-11-13-25(14-12-24)22(28)18-6-4-8-20(16-18)31(29,30)26-9-1-2-10-26/h3-8,15-16H,1-2,9-14H2. The lowest BCUT2D eigenvalue weighted by Crippen LogP contribution is -2.50. The first kappa shape index (κ1) is 21.5. The predicted octanol–water partition coefficient (Wildman–Crippen LogP) is 2.21. The Morgan fingerprint density at radius 3 is 1.81 bits per heavy atom. The van der Waals surface area contributed by atoms with Gasteiger partial charge in [-0.1, -0.05) is 12.1 Å². The van der Waals surface area contributed by atoms with E-state index < -0.39 is 15.8 Å². The maximum atomic E-state index is 13.4. The molecule has 2 saturated heterocycles. The molecule has 0 unspecified atom stereocenters. The van der Waals surface area contributed by atoms with Crippen LogP contribution in [0.15, 0.2) is 53.4 Å². The summed E-state index contributed by atoms with van der Waals surface area (Å²) in [6.07, 6.45) is 1.69. The van der Waals surface area contributed by atoms with E-state index in [-0.39, 0.29) is 22.3 Å². The Morgan fingerprint density at radius 2 is 1.26 bits per heavy atom. The third-order valence-corrected chi connectivity index (χ3v) is 7.60. The molecule has 164 valence electrons. The number of benzene rings is 2. The van der Waals surface area contributed by atoms with Crippen molar-refractivity contribution < 1.29 is 22.4 Å². The van der Waals surface area contributed by atoms with Gasteiger partial charge in [0.25, 0.3) is 11.8 Å².